The predicted molar refractivity (Wildman–Crippen MR) is 209 cm³/mol. The van der Waals surface area contributed by atoms with Gasteiger partial charge in [-0.3, -0.25) is 4.79 Å². The Morgan fingerprint density at radius 3 is 1.05 bits per heavy atom. The Hall–Kier alpha value is -6.15. The zero-order valence-electron chi connectivity index (χ0n) is 31.4. The third kappa shape index (κ3) is 10.6. The minimum atomic E-state index is -4.77. The summed E-state index contributed by atoms with van der Waals surface area (Å²) in [6, 6.07) is 30.9. The molecule has 0 bridgehead atoms. The minimum absolute atomic E-state index is 0.0114. The fraction of sp³-hybridized carbons (Fsp3) is 0.136. The summed E-state index contributed by atoms with van der Waals surface area (Å²) in [6.07, 6.45) is -20.4. The lowest BCUT2D eigenvalue weighted by Gasteiger charge is -2.44. The number of Topliss-reactive ketones (excluding diaryl/α,β-unsaturated/α-hetero) is 1. The monoisotopic (exact) mass is 875 g/mol. The molecule has 0 aliphatic rings. The average Bonchev–Trinajstić information content (AvgIpc) is 3.21. The number of benzene rings is 6. The van der Waals surface area contributed by atoms with E-state index in [1.54, 1.807) is 42.7 Å². The van der Waals surface area contributed by atoms with Gasteiger partial charge in [0.15, 0.2) is 10.6 Å². The molecule has 1 atom stereocenters. The van der Waals surface area contributed by atoms with Crippen molar-refractivity contribution in [3.8, 4) is 6.07 Å². The van der Waals surface area contributed by atoms with Crippen LogP contribution < -0.4 is 21.9 Å². The Morgan fingerprint density at radius 2 is 0.787 bits per heavy atom. The highest BCUT2D eigenvalue weighted by Crippen LogP contribution is 2.32. The first-order valence-electron chi connectivity index (χ1n) is 17.8. The first-order chi connectivity index (χ1) is 28.4. The molecule has 0 amide bonds. The number of carbonyl (C=O) groups is 1. The zero-order valence-corrected chi connectivity index (χ0v) is 32.2. The van der Waals surface area contributed by atoms with Crippen LogP contribution in [0.5, 0.6) is 0 Å². The third-order valence-electron chi connectivity index (χ3n) is 9.94. The van der Waals surface area contributed by atoms with E-state index < -0.39 is 63.0 Å². The van der Waals surface area contributed by atoms with E-state index in [-0.39, 0.29) is 33.4 Å². The number of nitrogens with zero attached hydrogens (tertiary/aromatic N) is 1. The number of ketones is 1. The van der Waals surface area contributed by atoms with Gasteiger partial charge in [-0.25, -0.2) is 0 Å². The molecule has 0 aromatic heterocycles. The molecular weight excluding hydrogens is 845 g/mol. The second-order valence-corrected chi connectivity index (χ2v) is 16.7. The Kier molecular flexibility index (Phi) is 13.1. The molecular formula is C44H30BF12NO2S. The van der Waals surface area contributed by atoms with E-state index in [0.717, 1.165) is 48.5 Å². The number of carbonyl (C=O) groups excluding carboxylic acids is 1. The molecule has 316 valence electrons. The molecule has 0 heterocycles. The predicted octanol–water partition coefficient (Wildman–Crippen LogP) is 10.1. The summed E-state index contributed by atoms with van der Waals surface area (Å²) in [7, 11) is -2.39. The maximum Gasteiger partial charge on any atom is 0.416 e. The number of hydrogen-bond donors (Lipinski definition) is 0. The quantitative estimate of drug-likeness (QED) is 0.0663. The minimum Gasteiger partial charge on any atom is -0.289 e. The van der Waals surface area contributed by atoms with Crippen molar-refractivity contribution in [2.75, 3.05) is 12.0 Å². The largest absolute Gasteiger partial charge is 0.416 e. The molecule has 1 unspecified atom stereocenters. The molecule has 0 saturated carbocycles. The van der Waals surface area contributed by atoms with Crippen molar-refractivity contribution in [2.45, 2.75) is 29.6 Å². The summed E-state index contributed by atoms with van der Waals surface area (Å²) in [5, 5.41) is 8.72. The van der Waals surface area contributed by atoms with Crippen molar-refractivity contribution in [1.82, 2.24) is 0 Å². The van der Waals surface area contributed by atoms with Crippen LogP contribution in [-0.4, -0.2) is 23.9 Å². The van der Waals surface area contributed by atoms with E-state index in [1.807, 2.05) is 24.3 Å². The van der Waals surface area contributed by atoms with Crippen molar-refractivity contribution in [3.63, 3.8) is 0 Å². The highest BCUT2D eigenvalue weighted by Gasteiger charge is 2.38. The summed E-state index contributed by atoms with van der Waals surface area (Å²) in [5.74, 6) is -0.200. The van der Waals surface area contributed by atoms with Crippen LogP contribution in [0.1, 0.15) is 38.2 Å². The molecule has 3 nitrogen and oxygen atoms in total. The second-order valence-electron chi connectivity index (χ2n) is 13.9. The summed E-state index contributed by atoms with van der Waals surface area (Å²) in [4.78, 5) is 12.9. The molecule has 6 rings (SSSR count). The van der Waals surface area contributed by atoms with Crippen LogP contribution >= 0.6 is 0 Å². The molecule has 0 radical (unpaired) electrons. The number of alkyl halides is 12. The smallest absolute Gasteiger partial charge is 0.289 e. The summed E-state index contributed by atoms with van der Waals surface area (Å²) in [5.41, 5.74) is -3.31. The van der Waals surface area contributed by atoms with Gasteiger partial charge in [0.25, 0.3) is 0 Å². The summed E-state index contributed by atoms with van der Waals surface area (Å²) < 4.78 is 173. The van der Waals surface area contributed by atoms with Gasteiger partial charge in [0, 0.05) is 5.56 Å². The fourth-order valence-corrected chi connectivity index (χ4v) is 8.42. The molecule has 0 saturated heterocycles. The second kappa shape index (κ2) is 17.4. The van der Waals surface area contributed by atoms with Crippen molar-refractivity contribution in [1.29, 1.82) is 5.26 Å². The molecule has 6 aromatic carbocycles. The molecule has 0 aliphatic heterocycles. The molecule has 0 fully saturated rings. The third-order valence-corrected chi connectivity index (χ3v) is 12.0. The van der Waals surface area contributed by atoms with Crippen LogP contribution in [0.3, 0.4) is 0 Å². The van der Waals surface area contributed by atoms with Crippen LogP contribution in [-0.2, 0) is 38.8 Å². The number of hydrogen-bond acceptors (Lipinski definition) is 3. The van der Waals surface area contributed by atoms with E-state index in [2.05, 4.69) is 0 Å². The summed E-state index contributed by atoms with van der Waals surface area (Å²) in [6.45, 7) is 0. The van der Waals surface area contributed by atoms with E-state index in [0.29, 0.717) is 64.6 Å². The van der Waals surface area contributed by atoms with E-state index in [4.69, 9.17) is 5.26 Å². The maximum absolute atomic E-state index is 13.3. The lowest BCUT2D eigenvalue weighted by molar-refractivity contribution is -0.138. The molecule has 0 aliphatic carbocycles. The first-order valence-corrected chi connectivity index (χ1v) is 19.9. The Bertz CT molecular complexity index is 2290. The SMILES string of the molecule is C[S+](=O)(CC(=O)c1ccc(C#N)cc1)c1ccccc1.FC(F)(F)c1ccc([B-](c2ccc(C(F)(F)F)cc2)(c2ccc(C(F)(F)F)cc2)c2ccc(C(F)(F)F)cc2)cc1. The molecule has 0 N–H and O–H groups in total. The molecule has 61 heavy (non-hydrogen) atoms. The fourth-order valence-electron chi connectivity index (χ4n) is 6.85. The normalized spacial score (nSPS) is 13.3. The standard InChI is InChI=1S/C28H16BF12.C16H14NO2S/c30-25(31,32)17-1-9-21(10-2-17)29(22-11-3-18(4-12-22)26(33,34)35,23-13-5-19(6-14-23)27(36,37)38)24-15-7-20(8-16-24)28(39,40)41;1-20(19,15-5-3-2-4-6-15)12-16(18)14-9-7-13(11-17)8-10-14/h1-16H;2-10H,12H2,1H3/q-1;+1. The van der Waals surface area contributed by atoms with Crippen molar-refractivity contribution < 1.29 is 61.7 Å². The zero-order chi connectivity index (χ0) is 45.0. The molecule has 0 spiro atoms. The topological polar surface area (TPSA) is 57.9 Å². The lowest BCUT2D eigenvalue weighted by Crippen LogP contribution is -2.74. The van der Waals surface area contributed by atoms with Gasteiger partial charge in [0.05, 0.1) is 33.9 Å². The van der Waals surface area contributed by atoms with Gasteiger partial charge >= 0.3 is 24.7 Å². The van der Waals surface area contributed by atoms with Gasteiger partial charge in [0.1, 0.15) is 22.3 Å². The maximum atomic E-state index is 13.3. The van der Waals surface area contributed by atoms with Crippen molar-refractivity contribution in [3.05, 3.63) is 185 Å². The molecule has 17 heteroatoms. The van der Waals surface area contributed by atoms with Crippen LogP contribution in [0.2, 0.25) is 0 Å². The van der Waals surface area contributed by atoms with E-state index in [9.17, 15) is 61.7 Å². The Morgan fingerprint density at radius 1 is 0.492 bits per heavy atom. The highest BCUT2D eigenvalue weighted by molar-refractivity contribution is 8.03. The average molecular weight is 876 g/mol. The lowest BCUT2D eigenvalue weighted by atomic mass is 9.13. The number of rotatable bonds is 8. The Balaban J connectivity index is 0.000000294. The van der Waals surface area contributed by atoms with Gasteiger partial charge in [-0.2, -0.15) is 79.8 Å². The van der Waals surface area contributed by atoms with E-state index in [1.165, 1.54) is 0 Å². The van der Waals surface area contributed by atoms with E-state index >= 15 is 0 Å². The number of halogens is 12. The van der Waals surface area contributed by atoms with Crippen LogP contribution in [0.4, 0.5) is 52.7 Å². The number of nitriles is 1. The van der Waals surface area contributed by atoms with Crippen molar-refractivity contribution >= 4 is 43.7 Å². The van der Waals surface area contributed by atoms with Crippen LogP contribution in [0.15, 0.2) is 157 Å². The van der Waals surface area contributed by atoms with Gasteiger partial charge < -0.3 is 0 Å². The van der Waals surface area contributed by atoms with Crippen LogP contribution in [0.25, 0.3) is 0 Å². The van der Waals surface area contributed by atoms with Gasteiger partial charge in [-0.1, -0.05) is 119 Å². The highest BCUT2D eigenvalue weighted by atomic mass is 32.2. The van der Waals surface area contributed by atoms with Crippen molar-refractivity contribution in [2.24, 2.45) is 0 Å². The molecule has 6 aromatic rings. The van der Waals surface area contributed by atoms with Gasteiger partial charge in [-0.15, -0.1) is 0 Å². The Labute approximate surface area is 342 Å². The summed E-state index contributed by atoms with van der Waals surface area (Å²) >= 11 is 0. The first kappa shape index (κ1) is 45.9. The van der Waals surface area contributed by atoms with Crippen LogP contribution in [0, 0.1) is 11.3 Å². The van der Waals surface area contributed by atoms with Gasteiger partial charge in [0.2, 0.25) is 5.78 Å². The van der Waals surface area contributed by atoms with Gasteiger partial charge in [-0.05, 0) is 36.4 Å².